The third kappa shape index (κ3) is 6.80. The Morgan fingerprint density at radius 1 is 1.26 bits per heavy atom. The number of ether oxygens (including phenoxy) is 3. The fourth-order valence-corrected chi connectivity index (χ4v) is 3.02. The van der Waals surface area contributed by atoms with E-state index in [0.717, 1.165) is 4.48 Å². The van der Waals surface area contributed by atoms with Gasteiger partial charge in [0.05, 0.1) is 13.2 Å². The van der Waals surface area contributed by atoms with Crippen LogP contribution in [0.25, 0.3) is 0 Å². The summed E-state index contributed by atoms with van der Waals surface area (Å²) in [6.07, 6.45) is 3.22. The molecule has 0 amide bonds. The van der Waals surface area contributed by atoms with Crippen LogP contribution in [0.1, 0.15) is 27.7 Å². The van der Waals surface area contributed by atoms with Gasteiger partial charge in [0.1, 0.15) is 12.2 Å². The lowest BCUT2D eigenvalue weighted by molar-refractivity contribution is -0.183. The van der Waals surface area contributed by atoms with Gasteiger partial charge in [0, 0.05) is 11.1 Å². The normalized spacial score (nSPS) is 25.6. The molecule has 0 N–H and O–H groups in total. The minimum absolute atomic E-state index is 0.161. The summed E-state index contributed by atoms with van der Waals surface area (Å²) in [5.41, 5.74) is 0. The Labute approximate surface area is 150 Å². The van der Waals surface area contributed by atoms with Crippen molar-refractivity contribution in [2.75, 3.05) is 19.8 Å². The van der Waals surface area contributed by atoms with E-state index < -0.39 is 8.32 Å². The van der Waals surface area contributed by atoms with E-state index in [1.165, 1.54) is 0 Å². The monoisotopic (exact) mass is 406 g/mol. The van der Waals surface area contributed by atoms with E-state index in [4.69, 9.17) is 18.6 Å². The summed E-state index contributed by atoms with van der Waals surface area (Å²) in [6.45, 7) is 18.5. The maximum atomic E-state index is 6.31. The average molecular weight is 407 g/mol. The zero-order valence-corrected chi connectivity index (χ0v) is 17.8. The van der Waals surface area contributed by atoms with E-state index >= 15 is 0 Å². The topological polar surface area (TPSA) is 36.9 Å². The van der Waals surface area contributed by atoms with Crippen molar-refractivity contribution < 1.29 is 18.6 Å². The molecule has 1 rings (SSSR count). The molecule has 0 radical (unpaired) electrons. The van der Waals surface area contributed by atoms with Gasteiger partial charge in [0.15, 0.2) is 14.6 Å². The molecular weight excluding hydrogens is 376 g/mol. The molecule has 0 fully saturated rings. The maximum Gasteiger partial charge on any atom is 0.192 e. The number of hydrogen-bond donors (Lipinski definition) is 0. The Bertz CT molecular complexity index is 417. The predicted molar refractivity (Wildman–Crippen MR) is 100 cm³/mol. The summed E-state index contributed by atoms with van der Waals surface area (Å²) in [6, 6.07) is 0. The van der Waals surface area contributed by atoms with E-state index in [1.54, 1.807) is 0 Å². The molecule has 0 aromatic rings. The summed E-state index contributed by atoms with van der Waals surface area (Å²) >= 11 is 3.32. The highest BCUT2D eigenvalue weighted by Gasteiger charge is 2.39. The van der Waals surface area contributed by atoms with Crippen molar-refractivity contribution in [2.45, 2.75) is 64.3 Å². The summed E-state index contributed by atoms with van der Waals surface area (Å²) in [5.74, 6) is 0. The molecule has 0 unspecified atom stereocenters. The van der Waals surface area contributed by atoms with Gasteiger partial charge in [-0.25, -0.2) is 0 Å². The maximum absolute atomic E-state index is 6.31. The van der Waals surface area contributed by atoms with Gasteiger partial charge in [-0.15, -0.1) is 0 Å². The SMILES string of the molecule is C=C(Br)CO[C@@H]1C=C[C@@H](OCC)O[C@@H]1CO[Si](C)(C)C(C)(C)C. The van der Waals surface area contributed by atoms with Crippen LogP contribution in [0.15, 0.2) is 23.2 Å². The van der Waals surface area contributed by atoms with Crippen LogP contribution >= 0.6 is 15.9 Å². The number of rotatable bonds is 8. The first-order valence-electron chi connectivity index (χ1n) is 8.11. The third-order valence-electron chi connectivity index (χ3n) is 4.31. The standard InChI is InChI=1S/C17H31BrO4Si/c1-8-19-16-10-9-14(20-11-13(2)18)15(22-16)12-21-23(6,7)17(3,4)5/h9-10,14-16H,2,8,11-12H2,1,3-7H3/t14-,15-,16+/m1/s1. The first kappa shape index (κ1) is 21.1. The largest absolute Gasteiger partial charge is 0.414 e. The van der Waals surface area contributed by atoms with Crippen LogP contribution in [-0.2, 0) is 18.6 Å². The Kier molecular flexibility index (Phi) is 8.17. The average Bonchev–Trinajstić information content (AvgIpc) is 2.43. The smallest absolute Gasteiger partial charge is 0.192 e. The Morgan fingerprint density at radius 3 is 2.43 bits per heavy atom. The van der Waals surface area contributed by atoms with Crippen LogP contribution in [0, 0.1) is 0 Å². The molecule has 0 aromatic heterocycles. The summed E-state index contributed by atoms with van der Waals surface area (Å²) in [5, 5.41) is 0.164. The Morgan fingerprint density at radius 2 is 1.91 bits per heavy atom. The van der Waals surface area contributed by atoms with Gasteiger partial charge < -0.3 is 18.6 Å². The molecule has 0 aromatic carbocycles. The summed E-state index contributed by atoms with van der Waals surface area (Å²) in [7, 11) is -1.83. The fourth-order valence-electron chi connectivity index (χ4n) is 1.87. The highest BCUT2D eigenvalue weighted by Crippen LogP contribution is 2.37. The number of hydrogen-bond acceptors (Lipinski definition) is 4. The van der Waals surface area contributed by atoms with Crippen molar-refractivity contribution in [3.63, 3.8) is 0 Å². The third-order valence-corrected chi connectivity index (χ3v) is 9.04. The van der Waals surface area contributed by atoms with Crippen molar-refractivity contribution in [1.82, 2.24) is 0 Å². The van der Waals surface area contributed by atoms with E-state index in [9.17, 15) is 0 Å². The van der Waals surface area contributed by atoms with Crippen molar-refractivity contribution >= 4 is 24.2 Å². The minimum atomic E-state index is -1.83. The molecule has 134 valence electrons. The summed E-state index contributed by atoms with van der Waals surface area (Å²) < 4.78 is 24.5. The van der Waals surface area contributed by atoms with Crippen LogP contribution in [-0.4, -0.2) is 46.6 Å². The van der Waals surface area contributed by atoms with Crippen LogP contribution in [0.3, 0.4) is 0 Å². The molecule has 6 heteroatoms. The lowest BCUT2D eigenvalue weighted by Gasteiger charge is -2.39. The molecule has 1 heterocycles. The molecule has 0 aliphatic carbocycles. The molecule has 0 saturated heterocycles. The molecule has 1 aliphatic heterocycles. The van der Waals surface area contributed by atoms with Gasteiger partial charge in [-0.05, 0) is 31.1 Å². The fraction of sp³-hybridized carbons (Fsp3) is 0.765. The van der Waals surface area contributed by atoms with Gasteiger partial charge in [-0.3, -0.25) is 0 Å². The second kappa shape index (κ2) is 8.92. The second-order valence-corrected chi connectivity index (χ2v) is 13.2. The van der Waals surface area contributed by atoms with Gasteiger partial charge >= 0.3 is 0 Å². The van der Waals surface area contributed by atoms with E-state index in [1.807, 2.05) is 19.1 Å². The van der Waals surface area contributed by atoms with Gasteiger partial charge in [0.25, 0.3) is 0 Å². The predicted octanol–water partition coefficient (Wildman–Crippen LogP) is 4.62. The molecule has 0 spiro atoms. The van der Waals surface area contributed by atoms with E-state index in [2.05, 4.69) is 56.4 Å². The van der Waals surface area contributed by atoms with Crippen LogP contribution < -0.4 is 0 Å². The molecule has 23 heavy (non-hydrogen) atoms. The second-order valence-electron chi connectivity index (χ2n) is 7.25. The van der Waals surface area contributed by atoms with Crippen molar-refractivity contribution in [2.24, 2.45) is 0 Å². The van der Waals surface area contributed by atoms with Crippen molar-refractivity contribution in [1.29, 1.82) is 0 Å². The molecule has 0 bridgehead atoms. The number of halogens is 1. The van der Waals surface area contributed by atoms with Gasteiger partial charge in [-0.2, -0.15) is 0 Å². The van der Waals surface area contributed by atoms with Crippen molar-refractivity contribution in [3.8, 4) is 0 Å². The van der Waals surface area contributed by atoms with E-state index in [-0.39, 0.29) is 23.5 Å². The lowest BCUT2D eigenvalue weighted by Crippen LogP contribution is -2.47. The first-order chi connectivity index (χ1) is 10.6. The van der Waals surface area contributed by atoms with Crippen LogP contribution in [0.4, 0.5) is 0 Å². The van der Waals surface area contributed by atoms with Crippen molar-refractivity contribution in [3.05, 3.63) is 23.2 Å². The Balaban J connectivity index is 2.72. The summed E-state index contributed by atoms with van der Waals surface area (Å²) in [4.78, 5) is 0. The highest BCUT2D eigenvalue weighted by molar-refractivity contribution is 9.11. The van der Waals surface area contributed by atoms with Crippen LogP contribution in [0.2, 0.25) is 18.1 Å². The molecule has 0 saturated carbocycles. The minimum Gasteiger partial charge on any atom is -0.414 e. The van der Waals surface area contributed by atoms with Crippen LogP contribution in [0.5, 0.6) is 0 Å². The zero-order chi connectivity index (χ0) is 17.7. The molecule has 3 atom stereocenters. The molecule has 4 nitrogen and oxygen atoms in total. The molecule has 1 aliphatic rings. The van der Waals surface area contributed by atoms with E-state index in [0.29, 0.717) is 19.8 Å². The highest BCUT2D eigenvalue weighted by atomic mass is 79.9. The van der Waals surface area contributed by atoms with Gasteiger partial charge in [-0.1, -0.05) is 49.4 Å². The quantitative estimate of drug-likeness (QED) is 0.435. The van der Waals surface area contributed by atoms with Gasteiger partial charge in [0.2, 0.25) is 0 Å². The lowest BCUT2D eigenvalue weighted by atomic mass is 10.1. The zero-order valence-electron chi connectivity index (χ0n) is 15.2. The first-order valence-corrected chi connectivity index (χ1v) is 11.8. The Hall–Kier alpha value is 0.0169. The molecular formula is C17H31BrO4Si.